The van der Waals surface area contributed by atoms with Gasteiger partial charge in [0.05, 0.1) is 0 Å². The molecule has 0 radical (unpaired) electrons. The predicted octanol–water partition coefficient (Wildman–Crippen LogP) is 3.92. The van der Waals surface area contributed by atoms with Gasteiger partial charge in [-0.3, -0.25) is 0 Å². The summed E-state index contributed by atoms with van der Waals surface area (Å²) in [7, 11) is -3.40. The molecular formula is C17H24N2O2S2. The van der Waals surface area contributed by atoms with E-state index in [-0.39, 0.29) is 0 Å². The molecule has 6 heteroatoms. The van der Waals surface area contributed by atoms with Gasteiger partial charge in [-0.25, -0.2) is 13.1 Å². The van der Waals surface area contributed by atoms with Crippen molar-refractivity contribution >= 4 is 27.0 Å². The molecule has 1 aromatic heterocycles. The standard InChI is InChI=1S/C17H24N2O2S2/c1-4-10-19-23(20,21)17(2,3)15-5-7-16(8-6-15)18-12-14-9-11-22-13-14/h5-9,11,13,18-19H,4,10,12H2,1-3H3. The summed E-state index contributed by atoms with van der Waals surface area (Å²) in [5, 5.41) is 7.50. The second kappa shape index (κ2) is 7.47. The minimum atomic E-state index is -3.40. The van der Waals surface area contributed by atoms with E-state index in [1.807, 2.05) is 31.2 Å². The number of sulfonamides is 1. The summed E-state index contributed by atoms with van der Waals surface area (Å²) >= 11 is 1.68. The SMILES string of the molecule is CCCNS(=O)(=O)C(C)(C)c1ccc(NCc2ccsc2)cc1. The van der Waals surface area contributed by atoms with Crippen LogP contribution in [0.5, 0.6) is 0 Å². The van der Waals surface area contributed by atoms with Crippen LogP contribution in [0.1, 0.15) is 38.3 Å². The van der Waals surface area contributed by atoms with E-state index in [4.69, 9.17) is 0 Å². The quantitative estimate of drug-likeness (QED) is 0.757. The normalized spacial score (nSPS) is 12.3. The van der Waals surface area contributed by atoms with E-state index in [1.54, 1.807) is 25.2 Å². The molecule has 0 aliphatic rings. The minimum Gasteiger partial charge on any atom is -0.381 e. The summed E-state index contributed by atoms with van der Waals surface area (Å²) < 4.78 is 26.6. The zero-order valence-corrected chi connectivity index (χ0v) is 15.4. The summed E-state index contributed by atoms with van der Waals surface area (Å²) in [4.78, 5) is 0. The van der Waals surface area contributed by atoms with Crippen molar-refractivity contribution < 1.29 is 8.42 Å². The Kier molecular flexibility index (Phi) is 5.84. The smallest absolute Gasteiger partial charge is 0.221 e. The summed E-state index contributed by atoms with van der Waals surface area (Å²) in [6, 6.07) is 9.70. The highest BCUT2D eigenvalue weighted by atomic mass is 32.2. The molecule has 23 heavy (non-hydrogen) atoms. The molecular weight excluding hydrogens is 328 g/mol. The van der Waals surface area contributed by atoms with E-state index in [2.05, 4.69) is 26.9 Å². The number of thiophene rings is 1. The zero-order valence-electron chi connectivity index (χ0n) is 13.8. The molecule has 1 heterocycles. The van der Waals surface area contributed by atoms with E-state index in [0.29, 0.717) is 6.54 Å². The molecule has 2 aromatic rings. The van der Waals surface area contributed by atoms with Gasteiger partial charge in [0.1, 0.15) is 4.75 Å². The highest BCUT2D eigenvalue weighted by molar-refractivity contribution is 7.90. The average molecular weight is 353 g/mol. The van der Waals surface area contributed by atoms with Gasteiger partial charge in [0, 0.05) is 18.8 Å². The van der Waals surface area contributed by atoms with Crippen molar-refractivity contribution in [2.24, 2.45) is 0 Å². The van der Waals surface area contributed by atoms with Crippen LogP contribution < -0.4 is 10.0 Å². The highest BCUT2D eigenvalue weighted by Gasteiger charge is 2.35. The lowest BCUT2D eigenvalue weighted by molar-refractivity contribution is 0.539. The molecule has 4 nitrogen and oxygen atoms in total. The largest absolute Gasteiger partial charge is 0.381 e. The Morgan fingerprint density at radius 3 is 2.39 bits per heavy atom. The van der Waals surface area contributed by atoms with Crippen molar-refractivity contribution in [3.63, 3.8) is 0 Å². The second-order valence-corrected chi connectivity index (χ2v) is 9.07. The van der Waals surface area contributed by atoms with Gasteiger partial charge >= 0.3 is 0 Å². The number of nitrogens with one attached hydrogen (secondary N) is 2. The summed E-state index contributed by atoms with van der Waals surface area (Å²) in [6.07, 6.45) is 0.779. The first-order valence-electron chi connectivity index (χ1n) is 7.71. The Balaban J connectivity index is 2.08. The Labute approximate surface area is 143 Å². The van der Waals surface area contributed by atoms with E-state index < -0.39 is 14.8 Å². The average Bonchev–Trinajstić information content (AvgIpc) is 3.04. The lowest BCUT2D eigenvalue weighted by Gasteiger charge is -2.26. The Morgan fingerprint density at radius 2 is 1.83 bits per heavy atom. The molecule has 2 N–H and O–H groups in total. The maximum Gasteiger partial charge on any atom is 0.221 e. The second-order valence-electron chi connectivity index (χ2n) is 5.97. The topological polar surface area (TPSA) is 58.2 Å². The van der Waals surface area contributed by atoms with Gasteiger partial charge in [0.25, 0.3) is 0 Å². The van der Waals surface area contributed by atoms with Crippen LogP contribution in [0.3, 0.4) is 0 Å². The van der Waals surface area contributed by atoms with E-state index in [1.165, 1.54) is 5.56 Å². The first-order valence-corrected chi connectivity index (χ1v) is 10.1. The Hall–Kier alpha value is -1.37. The van der Waals surface area contributed by atoms with E-state index in [0.717, 1.165) is 24.2 Å². The lowest BCUT2D eigenvalue weighted by atomic mass is 10.0. The van der Waals surface area contributed by atoms with Crippen molar-refractivity contribution in [1.29, 1.82) is 0 Å². The molecule has 0 aliphatic carbocycles. The van der Waals surface area contributed by atoms with Gasteiger partial charge in [-0.2, -0.15) is 11.3 Å². The van der Waals surface area contributed by atoms with Crippen LogP contribution in [0, 0.1) is 0 Å². The third-order valence-electron chi connectivity index (χ3n) is 3.87. The van der Waals surface area contributed by atoms with E-state index in [9.17, 15) is 8.42 Å². The fourth-order valence-electron chi connectivity index (χ4n) is 2.16. The number of benzene rings is 1. The molecule has 0 saturated heterocycles. The molecule has 0 saturated carbocycles. The van der Waals surface area contributed by atoms with Crippen molar-refractivity contribution in [3.05, 3.63) is 52.2 Å². The predicted molar refractivity (Wildman–Crippen MR) is 98.3 cm³/mol. The molecule has 1 aromatic carbocycles. The van der Waals surface area contributed by atoms with Crippen LogP contribution in [0.4, 0.5) is 5.69 Å². The molecule has 0 aliphatic heterocycles. The third kappa shape index (κ3) is 4.34. The molecule has 0 fully saturated rings. The van der Waals surface area contributed by atoms with Gasteiger partial charge in [0.15, 0.2) is 0 Å². The number of rotatable bonds is 8. The molecule has 0 bridgehead atoms. The molecule has 0 amide bonds. The van der Waals surface area contributed by atoms with Gasteiger partial charge in [-0.1, -0.05) is 19.1 Å². The van der Waals surface area contributed by atoms with Crippen molar-refractivity contribution in [2.75, 3.05) is 11.9 Å². The first-order chi connectivity index (χ1) is 10.9. The molecule has 0 spiro atoms. The Morgan fingerprint density at radius 1 is 1.13 bits per heavy atom. The number of hydrogen-bond donors (Lipinski definition) is 2. The monoisotopic (exact) mass is 352 g/mol. The third-order valence-corrected chi connectivity index (χ3v) is 6.77. The van der Waals surface area contributed by atoms with Gasteiger partial charge < -0.3 is 5.32 Å². The van der Waals surface area contributed by atoms with Gasteiger partial charge in [0.2, 0.25) is 10.0 Å². The molecule has 2 rings (SSSR count). The van der Waals surface area contributed by atoms with Crippen LogP contribution in [0.2, 0.25) is 0 Å². The molecule has 0 unspecified atom stereocenters. The van der Waals surface area contributed by atoms with Crippen molar-refractivity contribution in [1.82, 2.24) is 4.72 Å². The van der Waals surface area contributed by atoms with Crippen LogP contribution >= 0.6 is 11.3 Å². The van der Waals surface area contributed by atoms with Crippen LogP contribution in [0.15, 0.2) is 41.1 Å². The van der Waals surface area contributed by atoms with Gasteiger partial charge in [-0.15, -0.1) is 0 Å². The maximum absolute atomic E-state index is 12.5. The summed E-state index contributed by atoms with van der Waals surface area (Å²) in [6.45, 7) is 6.65. The van der Waals surface area contributed by atoms with Gasteiger partial charge in [-0.05, 0) is 60.4 Å². The number of anilines is 1. The van der Waals surface area contributed by atoms with Crippen molar-refractivity contribution in [2.45, 2.75) is 38.5 Å². The summed E-state index contributed by atoms with van der Waals surface area (Å²) in [5.41, 5.74) is 3.00. The lowest BCUT2D eigenvalue weighted by Crippen LogP contribution is -2.39. The first kappa shape index (κ1) is 18.0. The highest BCUT2D eigenvalue weighted by Crippen LogP contribution is 2.29. The summed E-state index contributed by atoms with van der Waals surface area (Å²) in [5.74, 6) is 0. The fourth-order valence-corrected chi connectivity index (χ4v) is 4.11. The Bertz CT molecular complexity index is 706. The fraction of sp³-hybridized carbons (Fsp3) is 0.412. The zero-order chi connectivity index (χ0) is 16.9. The number of hydrogen-bond acceptors (Lipinski definition) is 4. The van der Waals surface area contributed by atoms with Crippen LogP contribution in [-0.2, 0) is 21.3 Å². The molecule has 0 atom stereocenters. The minimum absolute atomic E-state index is 0.464. The maximum atomic E-state index is 12.5. The van der Waals surface area contributed by atoms with Crippen molar-refractivity contribution in [3.8, 4) is 0 Å². The van der Waals surface area contributed by atoms with Crippen LogP contribution in [-0.4, -0.2) is 15.0 Å². The molecule has 126 valence electrons. The van der Waals surface area contributed by atoms with Crippen LogP contribution in [0.25, 0.3) is 0 Å². The van der Waals surface area contributed by atoms with E-state index >= 15 is 0 Å².